The lowest BCUT2D eigenvalue weighted by Gasteiger charge is -2.27. The van der Waals surface area contributed by atoms with Crippen LogP contribution in [0.5, 0.6) is 0 Å². The molecule has 0 amide bonds. The molecule has 4 N–H and O–H groups in total. The summed E-state index contributed by atoms with van der Waals surface area (Å²) < 4.78 is 0. The molecule has 2 fully saturated rings. The molecule has 1 aromatic heterocycles. The van der Waals surface area contributed by atoms with E-state index >= 15 is 0 Å². The van der Waals surface area contributed by atoms with Crippen molar-refractivity contribution in [2.45, 2.75) is 31.4 Å². The lowest BCUT2D eigenvalue weighted by Crippen LogP contribution is -2.34. The summed E-state index contributed by atoms with van der Waals surface area (Å²) in [4.78, 5) is 8.86. The Hall–Kier alpha value is -1.53. The van der Waals surface area contributed by atoms with E-state index in [-0.39, 0.29) is 18.8 Å². The summed E-state index contributed by atoms with van der Waals surface area (Å²) in [6, 6.07) is 3.89. The van der Waals surface area contributed by atoms with Crippen molar-refractivity contribution in [2.75, 3.05) is 41.8 Å². The van der Waals surface area contributed by atoms with Gasteiger partial charge in [-0.1, -0.05) is 0 Å². The molecule has 2 aliphatic heterocycles. The van der Waals surface area contributed by atoms with Gasteiger partial charge in [0, 0.05) is 19.6 Å². The van der Waals surface area contributed by atoms with Gasteiger partial charge in [0.25, 0.3) is 0 Å². The highest BCUT2D eigenvalue weighted by molar-refractivity contribution is 5.67. The summed E-state index contributed by atoms with van der Waals surface area (Å²) in [6.07, 6.45) is 2.54. The fraction of sp³-hybridized carbons (Fsp3) is 0.643. The molecular weight excluding hydrogens is 256 g/mol. The molecule has 0 aromatic carbocycles. The average Bonchev–Trinajstić information content (AvgIpc) is 3.08. The molecule has 20 heavy (non-hydrogen) atoms. The molecule has 1 aromatic rings. The average molecular weight is 278 g/mol. The summed E-state index contributed by atoms with van der Waals surface area (Å²) in [5, 5.41) is 19.1. The monoisotopic (exact) mass is 278 g/mol. The largest absolute Gasteiger partial charge is 0.396 e. The number of hydrogen-bond acceptors (Lipinski definition) is 6. The third kappa shape index (κ3) is 2.41. The Morgan fingerprint density at radius 3 is 2.85 bits per heavy atom. The molecule has 2 saturated heterocycles. The minimum absolute atomic E-state index is 0.115. The second kappa shape index (κ2) is 5.46. The van der Waals surface area contributed by atoms with Gasteiger partial charge in [0.1, 0.15) is 5.82 Å². The molecule has 0 spiro atoms. The lowest BCUT2D eigenvalue weighted by molar-refractivity contribution is 0.198. The number of nitrogens with two attached hydrogens (primary N) is 1. The SMILES string of the molecule is Nc1ccc(N2CCC(O)C2)nc1N1CCCC1CO. The van der Waals surface area contributed by atoms with E-state index in [4.69, 9.17) is 5.73 Å². The Bertz CT molecular complexity index is 482. The van der Waals surface area contributed by atoms with Crippen LogP contribution in [0.15, 0.2) is 12.1 Å². The zero-order valence-electron chi connectivity index (χ0n) is 11.6. The quantitative estimate of drug-likeness (QED) is 0.732. The zero-order valence-corrected chi connectivity index (χ0v) is 11.6. The van der Waals surface area contributed by atoms with Crippen molar-refractivity contribution in [1.29, 1.82) is 0 Å². The van der Waals surface area contributed by atoms with Gasteiger partial charge in [0.2, 0.25) is 0 Å². The maximum atomic E-state index is 9.64. The van der Waals surface area contributed by atoms with E-state index < -0.39 is 0 Å². The molecule has 0 radical (unpaired) electrons. The van der Waals surface area contributed by atoms with Crippen LogP contribution in [0.4, 0.5) is 17.3 Å². The summed E-state index contributed by atoms with van der Waals surface area (Å²) in [5.74, 6) is 1.62. The summed E-state index contributed by atoms with van der Waals surface area (Å²) in [7, 11) is 0. The van der Waals surface area contributed by atoms with E-state index in [0.717, 1.165) is 44.0 Å². The van der Waals surface area contributed by atoms with Crippen LogP contribution in [0.1, 0.15) is 19.3 Å². The number of nitrogen functional groups attached to an aromatic ring is 1. The highest BCUT2D eigenvalue weighted by Crippen LogP contribution is 2.31. The summed E-state index contributed by atoms with van der Waals surface area (Å²) in [5.41, 5.74) is 6.71. The van der Waals surface area contributed by atoms with Crippen molar-refractivity contribution in [3.63, 3.8) is 0 Å². The zero-order chi connectivity index (χ0) is 14.1. The molecular formula is C14H22N4O2. The molecule has 6 heteroatoms. The number of aliphatic hydroxyl groups is 2. The molecule has 0 aliphatic carbocycles. The first-order valence-corrected chi connectivity index (χ1v) is 7.26. The van der Waals surface area contributed by atoms with E-state index in [1.54, 1.807) is 0 Å². The normalized spacial score (nSPS) is 26.5. The fourth-order valence-corrected chi connectivity index (χ4v) is 3.11. The van der Waals surface area contributed by atoms with Gasteiger partial charge >= 0.3 is 0 Å². The number of rotatable bonds is 3. The van der Waals surface area contributed by atoms with Crippen molar-refractivity contribution >= 4 is 17.3 Å². The maximum Gasteiger partial charge on any atom is 0.154 e. The first kappa shape index (κ1) is 13.5. The molecule has 3 heterocycles. The van der Waals surface area contributed by atoms with E-state index in [1.165, 1.54) is 0 Å². The van der Waals surface area contributed by atoms with E-state index in [9.17, 15) is 10.2 Å². The Morgan fingerprint density at radius 1 is 1.30 bits per heavy atom. The first-order chi connectivity index (χ1) is 9.69. The number of aromatic nitrogens is 1. The third-order valence-electron chi connectivity index (χ3n) is 4.24. The Kier molecular flexibility index (Phi) is 3.67. The van der Waals surface area contributed by atoms with Crippen molar-refractivity contribution in [3.05, 3.63) is 12.1 Å². The van der Waals surface area contributed by atoms with Crippen LogP contribution in [0.25, 0.3) is 0 Å². The minimum atomic E-state index is -0.269. The smallest absolute Gasteiger partial charge is 0.154 e. The molecule has 2 unspecified atom stereocenters. The van der Waals surface area contributed by atoms with Crippen LogP contribution < -0.4 is 15.5 Å². The van der Waals surface area contributed by atoms with Crippen LogP contribution in [-0.2, 0) is 0 Å². The van der Waals surface area contributed by atoms with Gasteiger partial charge in [-0.3, -0.25) is 0 Å². The van der Waals surface area contributed by atoms with Crippen molar-refractivity contribution in [3.8, 4) is 0 Å². The van der Waals surface area contributed by atoms with Crippen LogP contribution >= 0.6 is 0 Å². The molecule has 110 valence electrons. The Morgan fingerprint density at radius 2 is 2.15 bits per heavy atom. The summed E-state index contributed by atoms with van der Waals surface area (Å²) in [6.45, 7) is 2.46. The molecule has 3 rings (SSSR count). The third-order valence-corrected chi connectivity index (χ3v) is 4.24. The van der Waals surface area contributed by atoms with Crippen LogP contribution in [0.2, 0.25) is 0 Å². The van der Waals surface area contributed by atoms with Crippen LogP contribution in [-0.4, -0.2) is 53.6 Å². The summed E-state index contributed by atoms with van der Waals surface area (Å²) >= 11 is 0. The second-order valence-corrected chi connectivity index (χ2v) is 5.64. The molecule has 0 bridgehead atoms. The predicted octanol–water partition coefficient (Wildman–Crippen LogP) is 0.196. The van der Waals surface area contributed by atoms with E-state index in [1.807, 2.05) is 12.1 Å². The Balaban J connectivity index is 1.87. The van der Waals surface area contributed by atoms with Crippen LogP contribution in [0.3, 0.4) is 0 Å². The van der Waals surface area contributed by atoms with E-state index in [2.05, 4.69) is 14.8 Å². The second-order valence-electron chi connectivity index (χ2n) is 5.64. The van der Waals surface area contributed by atoms with Crippen molar-refractivity contribution in [1.82, 2.24) is 4.98 Å². The first-order valence-electron chi connectivity index (χ1n) is 7.26. The highest BCUT2D eigenvalue weighted by Gasteiger charge is 2.28. The minimum Gasteiger partial charge on any atom is -0.396 e. The fourth-order valence-electron chi connectivity index (χ4n) is 3.11. The van der Waals surface area contributed by atoms with Gasteiger partial charge in [-0.15, -0.1) is 0 Å². The number of β-amino-alcohol motifs (C(OH)–C–C–N with tert-alkyl or cyclic N) is 1. The number of pyridine rings is 1. The van der Waals surface area contributed by atoms with Gasteiger partial charge in [-0.05, 0) is 31.4 Å². The molecule has 2 atom stereocenters. The van der Waals surface area contributed by atoms with Gasteiger partial charge in [0.15, 0.2) is 5.82 Å². The molecule has 0 saturated carbocycles. The van der Waals surface area contributed by atoms with Gasteiger partial charge in [-0.2, -0.15) is 0 Å². The van der Waals surface area contributed by atoms with Crippen LogP contribution in [0, 0.1) is 0 Å². The highest BCUT2D eigenvalue weighted by atomic mass is 16.3. The maximum absolute atomic E-state index is 9.64. The van der Waals surface area contributed by atoms with Crippen molar-refractivity contribution in [2.24, 2.45) is 0 Å². The number of aliphatic hydroxyl groups excluding tert-OH is 2. The Labute approximate surface area is 118 Å². The number of anilines is 3. The van der Waals surface area contributed by atoms with E-state index in [0.29, 0.717) is 12.2 Å². The van der Waals surface area contributed by atoms with Gasteiger partial charge < -0.3 is 25.7 Å². The lowest BCUT2D eigenvalue weighted by atomic mass is 10.2. The number of hydrogen-bond donors (Lipinski definition) is 3. The molecule has 6 nitrogen and oxygen atoms in total. The predicted molar refractivity (Wildman–Crippen MR) is 78.9 cm³/mol. The van der Waals surface area contributed by atoms with Gasteiger partial charge in [-0.25, -0.2) is 4.98 Å². The topological polar surface area (TPSA) is 85.8 Å². The van der Waals surface area contributed by atoms with Gasteiger partial charge in [0.05, 0.1) is 24.4 Å². The van der Waals surface area contributed by atoms with Crippen molar-refractivity contribution < 1.29 is 10.2 Å². The standard InChI is InChI=1S/C14H22N4O2/c15-12-3-4-13(17-7-5-11(20)8-17)16-14(12)18-6-1-2-10(18)9-19/h3-4,10-11,19-20H,1-2,5-9,15H2. The number of nitrogens with zero attached hydrogens (tertiary/aromatic N) is 3. The molecule has 2 aliphatic rings.